The molecule has 2 amide bonds. The number of benzene rings is 1. The van der Waals surface area contributed by atoms with Crippen molar-refractivity contribution in [2.24, 2.45) is 0 Å². The van der Waals surface area contributed by atoms with Gasteiger partial charge in [0.15, 0.2) is 5.13 Å². The lowest BCUT2D eigenvalue weighted by Gasteiger charge is -2.08. The van der Waals surface area contributed by atoms with Gasteiger partial charge < -0.3 is 10.6 Å². The van der Waals surface area contributed by atoms with Crippen molar-refractivity contribution < 1.29 is 12.4 Å². The molecule has 0 saturated carbocycles. The molecule has 6 heteroatoms. The number of nitrogens with one attached hydrogen (secondary N) is 2. The SMILES string of the molecule is CC.O=C1CCC(C(=O)Nc2nc3ccc4c(c3s2)C=C=C=C4)N1.[HH].[HH]. The summed E-state index contributed by atoms with van der Waals surface area (Å²) in [6, 6.07) is 3.44. The highest BCUT2D eigenvalue weighted by atomic mass is 32.1. The van der Waals surface area contributed by atoms with Crippen LogP contribution in [-0.4, -0.2) is 22.8 Å². The van der Waals surface area contributed by atoms with Gasteiger partial charge in [-0.1, -0.05) is 42.7 Å². The number of aromatic nitrogens is 1. The molecule has 2 heterocycles. The summed E-state index contributed by atoms with van der Waals surface area (Å²) in [5, 5.41) is 5.99. The van der Waals surface area contributed by atoms with Crippen LogP contribution in [0.15, 0.2) is 23.6 Å². The fraction of sp³-hybridized carbons (Fsp3) is 0.278. The second-order valence-electron chi connectivity index (χ2n) is 5.16. The Bertz CT molecular complexity index is 926. The molecular weight excluding hydrogens is 322 g/mol. The van der Waals surface area contributed by atoms with Crippen LogP contribution in [0.5, 0.6) is 0 Å². The van der Waals surface area contributed by atoms with Crippen molar-refractivity contribution in [3.63, 3.8) is 0 Å². The predicted octanol–water partition coefficient (Wildman–Crippen LogP) is 3.83. The first kappa shape index (κ1) is 16.2. The Hall–Kier alpha value is -2.65. The number of fused-ring (bicyclic) bond motifs is 3. The number of anilines is 1. The van der Waals surface area contributed by atoms with Crippen molar-refractivity contribution >= 4 is 50.7 Å². The molecule has 0 radical (unpaired) electrons. The van der Waals surface area contributed by atoms with Crippen LogP contribution in [-0.2, 0) is 9.59 Å². The predicted molar refractivity (Wildman–Crippen MR) is 101 cm³/mol. The van der Waals surface area contributed by atoms with Gasteiger partial charge in [0, 0.05) is 14.8 Å². The molecule has 2 N–H and O–H groups in total. The van der Waals surface area contributed by atoms with Gasteiger partial charge in [0.25, 0.3) is 0 Å². The van der Waals surface area contributed by atoms with Crippen LogP contribution in [0.3, 0.4) is 0 Å². The van der Waals surface area contributed by atoms with Gasteiger partial charge in [0.1, 0.15) is 6.04 Å². The molecule has 0 bridgehead atoms. The Labute approximate surface area is 146 Å². The van der Waals surface area contributed by atoms with E-state index in [9.17, 15) is 9.59 Å². The first-order valence-corrected chi connectivity index (χ1v) is 8.73. The van der Waals surface area contributed by atoms with Crippen LogP contribution in [0, 0.1) is 0 Å². The summed E-state index contributed by atoms with van der Waals surface area (Å²) < 4.78 is 1.01. The van der Waals surface area contributed by atoms with Crippen molar-refractivity contribution in [2.45, 2.75) is 32.7 Å². The smallest absolute Gasteiger partial charge is 0.248 e. The van der Waals surface area contributed by atoms with E-state index >= 15 is 0 Å². The third-order valence-electron chi connectivity index (χ3n) is 3.70. The van der Waals surface area contributed by atoms with Crippen molar-refractivity contribution in [1.29, 1.82) is 0 Å². The lowest BCUT2D eigenvalue weighted by Crippen LogP contribution is -2.37. The highest BCUT2D eigenvalue weighted by Crippen LogP contribution is 2.33. The summed E-state index contributed by atoms with van der Waals surface area (Å²) in [6.45, 7) is 4.00. The highest BCUT2D eigenvalue weighted by molar-refractivity contribution is 7.22. The largest absolute Gasteiger partial charge is 0.344 e. The summed E-state index contributed by atoms with van der Waals surface area (Å²) in [5.41, 5.74) is 8.82. The summed E-state index contributed by atoms with van der Waals surface area (Å²) in [6.07, 6.45) is 4.68. The molecule has 5 nitrogen and oxygen atoms in total. The molecule has 1 aliphatic heterocycles. The zero-order chi connectivity index (χ0) is 17.1. The molecular formula is C18H21N3O2S. The standard InChI is InChI=1S/C16H11N3O2S.C2H6.2H2/c20-13-8-7-12(17-13)15(21)19-16-18-11-6-5-9-3-1-2-4-10(9)14(11)22-16;1-2;;/h3-6,12H,7-8H2,(H,17,20)(H,18,19,21);1-2H3;2*1H. The first-order chi connectivity index (χ1) is 11.7. The summed E-state index contributed by atoms with van der Waals surface area (Å²) in [5.74, 6) is -0.295. The van der Waals surface area contributed by atoms with Crippen molar-refractivity contribution in [1.82, 2.24) is 10.3 Å². The number of thiazole rings is 1. The Balaban J connectivity index is 0.000000818. The second kappa shape index (κ2) is 6.85. The van der Waals surface area contributed by atoms with Gasteiger partial charge in [-0.05, 0) is 30.2 Å². The lowest BCUT2D eigenvalue weighted by molar-refractivity contribution is -0.122. The molecule has 4 rings (SSSR count). The van der Waals surface area contributed by atoms with E-state index in [0.717, 1.165) is 21.3 Å². The van der Waals surface area contributed by atoms with Crippen LogP contribution in [0.1, 0.15) is 40.7 Å². The highest BCUT2D eigenvalue weighted by Gasteiger charge is 2.27. The third kappa shape index (κ3) is 3.03. The number of hydrogen-bond acceptors (Lipinski definition) is 4. The molecule has 1 aromatic carbocycles. The molecule has 1 aliphatic carbocycles. The monoisotopic (exact) mass is 343 g/mol. The van der Waals surface area contributed by atoms with Crippen LogP contribution in [0.4, 0.5) is 5.13 Å². The van der Waals surface area contributed by atoms with Gasteiger partial charge in [-0.25, -0.2) is 4.98 Å². The number of nitrogens with zero attached hydrogens (tertiary/aromatic N) is 1. The maximum atomic E-state index is 12.1. The van der Waals surface area contributed by atoms with Crippen molar-refractivity contribution in [3.8, 4) is 0 Å². The normalized spacial score (nSPS) is 17.2. The topological polar surface area (TPSA) is 71.1 Å². The summed E-state index contributed by atoms with van der Waals surface area (Å²) >= 11 is 1.43. The fourth-order valence-corrected chi connectivity index (χ4v) is 3.59. The molecule has 1 saturated heterocycles. The lowest BCUT2D eigenvalue weighted by atomic mass is 10.0. The average Bonchev–Trinajstić information content (AvgIpc) is 3.22. The molecule has 0 spiro atoms. The van der Waals surface area contributed by atoms with Gasteiger partial charge in [0.05, 0.1) is 10.2 Å². The van der Waals surface area contributed by atoms with E-state index in [0.29, 0.717) is 18.0 Å². The minimum atomic E-state index is -0.459. The van der Waals surface area contributed by atoms with E-state index in [1.165, 1.54) is 11.3 Å². The molecule has 1 fully saturated rings. The fourth-order valence-electron chi connectivity index (χ4n) is 2.59. The maximum Gasteiger partial charge on any atom is 0.248 e. The molecule has 1 unspecified atom stereocenters. The molecule has 2 aromatic rings. The number of amides is 2. The zero-order valence-electron chi connectivity index (χ0n) is 13.5. The van der Waals surface area contributed by atoms with E-state index in [1.54, 1.807) is 0 Å². The van der Waals surface area contributed by atoms with Gasteiger partial charge in [-0.2, -0.15) is 0 Å². The van der Waals surface area contributed by atoms with Crippen molar-refractivity contribution in [2.75, 3.05) is 5.32 Å². The molecule has 2 aliphatic rings. The number of carbonyl (C=O) groups is 2. The number of carbonyl (C=O) groups excluding carboxylic acids is 2. The van der Waals surface area contributed by atoms with E-state index in [-0.39, 0.29) is 14.7 Å². The second-order valence-corrected chi connectivity index (χ2v) is 6.16. The van der Waals surface area contributed by atoms with Crippen molar-refractivity contribution in [3.05, 3.63) is 34.7 Å². The van der Waals surface area contributed by atoms with Gasteiger partial charge >= 0.3 is 0 Å². The number of hydrogen-bond donors (Lipinski definition) is 2. The Morgan fingerprint density at radius 3 is 2.92 bits per heavy atom. The van der Waals surface area contributed by atoms with Crippen LogP contribution in [0.25, 0.3) is 22.4 Å². The van der Waals surface area contributed by atoms with Crippen LogP contribution < -0.4 is 10.6 Å². The average molecular weight is 343 g/mol. The Morgan fingerprint density at radius 2 is 2.17 bits per heavy atom. The van der Waals surface area contributed by atoms with E-state index in [1.807, 2.05) is 38.1 Å². The molecule has 126 valence electrons. The van der Waals surface area contributed by atoms with Gasteiger partial charge in [-0.15, -0.1) is 0 Å². The quantitative estimate of drug-likeness (QED) is 0.695. The molecule has 1 aromatic heterocycles. The maximum absolute atomic E-state index is 12.1. The van der Waals surface area contributed by atoms with E-state index < -0.39 is 6.04 Å². The minimum Gasteiger partial charge on any atom is -0.344 e. The summed E-state index contributed by atoms with van der Waals surface area (Å²) in [4.78, 5) is 27.8. The Morgan fingerprint density at radius 1 is 1.38 bits per heavy atom. The first-order valence-electron chi connectivity index (χ1n) is 7.92. The van der Waals surface area contributed by atoms with Crippen LogP contribution in [0.2, 0.25) is 0 Å². The number of rotatable bonds is 2. The van der Waals surface area contributed by atoms with Crippen LogP contribution >= 0.6 is 11.3 Å². The third-order valence-corrected chi connectivity index (χ3v) is 4.72. The Kier molecular flexibility index (Phi) is 4.63. The van der Waals surface area contributed by atoms with E-state index in [4.69, 9.17) is 0 Å². The van der Waals surface area contributed by atoms with Gasteiger partial charge in [-0.3, -0.25) is 9.59 Å². The minimum absolute atomic E-state index is 0. The summed E-state index contributed by atoms with van der Waals surface area (Å²) in [7, 11) is 0. The molecule has 1 atom stereocenters. The zero-order valence-corrected chi connectivity index (χ0v) is 14.3. The van der Waals surface area contributed by atoms with E-state index in [2.05, 4.69) is 27.1 Å². The van der Waals surface area contributed by atoms with Gasteiger partial charge in [0.2, 0.25) is 11.8 Å². The molecule has 24 heavy (non-hydrogen) atoms.